The second kappa shape index (κ2) is 3.21. The summed E-state index contributed by atoms with van der Waals surface area (Å²) in [7, 11) is 0. The molecule has 1 aliphatic rings. The van der Waals surface area contributed by atoms with Gasteiger partial charge in [0.25, 0.3) is 0 Å². The molecule has 2 rings (SSSR count). The third-order valence-electron chi connectivity index (χ3n) is 2.55. The van der Waals surface area contributed by atoms with E-state index in [1.54, 1.807) is 0 Å². The number of hydrogen-bond donors (Lipinski definition) is 2. The Hall–Kier alpha value is -1.71. The van der Waals surface area contributed by atoms with Crippen LogP contribution in [0.2, 0.25) is 0 Å². The minimum absolute atomic E-state index is 0.156. The molecular weight excluding hydrogens is 178 g/mol. The van der Waals surface area contributed by atoms with Crippen LogP contribution in [-0.2, 0) is 4.79 Å². The minimum Gasteiger partial charge on any atom is -0.399 e. The summed E-state index contributed by atoms with van der Waals surface area (Å²) in [4.78, 5) is 13.0. The zero-order valence-electron chi connectivity index (χ0n) is 7.81. The van der Waals surface area contributed by atoms with Gasteiger partial charge in [-0.3, -0.25) is 4.79 Å². The molecule has 0 radical (unpaired) electrons. The Labute approximate surface area is 82.5 Å². The molecule has 1 unspecified atom stereocenters. The zero-order chi connectivity index (χ0) is 10.1. The first-order valence-corrected chi connectivity index (χ1v) is 4.60. The van der Waals surface area contributed by atoms with E-state index >= 15 is 0 Å². The second-order valence-electron chi connectivity index (χ2n) is 3.50. The fourth-order valence-electron chi connectivity index (χ4n) is 1.70. The van der Waals surface area contributed by atoms with Crippen LogP contribution in [0.5, 0.6) is 0 Å². The molecule has 1 heterocycles. The number of nitrogens with zero attached hydrogens (tertiary/aromatic N) is 1. The zero-order valence-corrected chi connectivity index (χ0v) is 7.81. The lowest BCUT2D eigenvalue weighted by Gasteiger charge is -2.40. The van der Waals surface area contributed by atoms with E-state index < -0.39 is 0 Å². The lowest BCUT2D eigenvalue weighted by atomic mass is 10.0. The van der Waals surface area contributed by atoms with E-state index in [1.807, 2.05) is 29.2 Å². The predicted molar refractivity (Wildman–Crippen MR) is 55.8 cm³/mol. The van der Waals surface area contributed by atoms with Gasteiger partial charge in [0.1, 0.15) is 6.04 Å². The Morgan fingerprint density at radius 3 is 2.79 bits per heavy atom. The molecule has 0 saturated carbocycles. The smallest absolute Gasteiger partial charge is 0.240 e. The van der Waals surface area contributed by atoms with Crippen molar-refractivity contribution in [1.29, 1.82) is 0 Å². The highest BCUT2D eigenvalue weighted by atomic mass is 16.1. The van der Waals surface area contributed by atoms with Crippen LogP contribution in [0.25, 0.3) is 0 Å². The number of benzene rings is 1. The average molecular weight is 191 g/mol. The van der Waals surface area contributed by atoms with Gasteiger partial charge < -0.3 is 16.4 Å². The maximum atomic E-state index is 11.0. The van der Waals surface area contributed by atoms with Crippen LogP contribution in [0.15, 0.2) is 24.3 Å². The third-order valence-corrected chi connectivity index (χ3v) is 2.55. The Morgan fingerprint density at radius 1 is 1.50 bits per heavy atom. The molecule has 1 atom stereocenters. The summed E-state index contributed by atoms with van der Waals surface area (Å²) < 4.78 is 0. The van der Waals surface area contributed by atoms with Crippen molar-refractivity contribution in [2.24, 2.45) is 5.73 Å². The number of nitrogens with two attached hydrogens (primary N) is 2. The van der Waals surface area contributed by atoms with E-state index in [0.29, 0.717) is 5.69 Å². The van der Waals surface area contributed by atoms with Crippen LogP contribution >= 0.6 is 0 Å². The van der Waals surface area contributed by atoms with Crippen molar-refractivity contribution in [2.75, 3.05) is 17.2 Å². The van der Waals surface area contributed by atoms with Gasteiger partial charge in [0.05, 0.1) is 0 Å². The molecular formula is C10H13N3O. The number of carbonyl (C=O) groups is 1. The number of amides is 1. The maximum Gasteiger partial charge on any atom is 0.240 e. The molecule has 1 fully saturated rings. The average Bonchev–Trinajstić information content (AvgIpc) is 2.00. The summed E-state index contributed by atoms with van der Waals surface area (Å²) in [5.74, 6) is -0.265. The molecule has 1 aromatic rings. The van der Waals surface area contributed by atoms with Crippen LogP contribution in [-0.4, -0.2) is 18.5 Å². The SMILES string of the molecule is NC(=O)C1CCN1c1cccc(N)c1. The van der Waals surface area contributed by atoms with Gasteiger partial charge in [0.2, 0.25) is 5.91 Å². The van der Waals surface area contributed by atoms with Gasteiger partial charge in [-0.1, -0.05) is 6.07 Å². The van der Waals surface area contributed by atoms with Crippen LogP contribution in [0.4, 0.5) is 11.4 Å². The fraction of sp³-hybridized carbons (Fsp3) is 0.300. The molecule has 0 aromatic heterocycles. The third kappa shape index (κ3) is 1.39. The number of hydrogen-bond acceptors (Lipinski definition) is 3. The molecule has 1 aromatic carbocycles. The Bertz CT molecular complexity index is 364. The summed E-state index contributed by atoms with van der Waals surface area (Å²) in [6, 6.07) is 7.33. The van der Waals surface area contributed by atoms with Crippen molar-refractivity contribution in [3.05, 3.63) is 24.3 Å². The lowest BCUT2D eigenvalue weighted by molar-refractivity contribution is -0.120. The molecule has 1 amide bonds. The maximum absolute atomic E-state index is 11.0. The first kappa shape index (κ1) is 8.87. The highest BCUT2D eigenvalue weighted by Crippen LogP contribution is 2.27. The molecule has 4 nitrogen and oxygen atoms in total. The normalized spacial score (nSPS) is 20.3. The summed E-state index contributed by atoms with van der Waals surface area (Å²) >= 11 is 0. The van der Waals surface area contributed by atoms with E-state index in [-0.39, 0.29) is 11.9 Å². The molecule has 4 heteroatoms. The minimum atomic E-state index is -0.265. The summed E-state index contributed by atoms with van der Waals surface area (Å²) in [6.45, 7) is 0.872. The van der Waals surface area contributed by atoms with Gasteiger partial charge in [0.15, 0.2) is 0 Å². The van der Waals surface area contributed by atoms with Gasteiger partial charge in [0, 0.05) is 17.9 Å². The first-order chi connectivity index (χ1) is 6.68. The molecule has 1 aliphatic heterocycles. The van der Waals surface area contributed by atoms with Crippen molar-refractivity contribution in [3.63, 3.8) is 0 Å². The molecule has 0 spiro atoms. The predicted octanol–water partition coefficient (Wildman–Crippen LogP) is 0.333. The summed E-state index contributed by atoms with van der Waals surface area (Å²) in [5.41, 5.74) is 12.6. The quantitative estimate of drug-likeness (QED) is 0.662. The van der Waals surface area contributed by atoms with Gasteiger partial charge in [-0.15, -0.1) is 0 Å². The fourth-order valence-corrected chi connectivity index (χ4v) is 1.70. The molecule has 1 saturated heterocycles. The second-order valence-corrected chi connectivity index (χ2v) is 3.50. The van der Waals surface area contributed by atoms with Crippen molar-refractivity contribution in [3.8, 4) is 0 Å². The number of rotatable bonds is 2. The van der Waals surface area contributed by atoms with Gasteiger partial charge in [-0.25, -0.2) is 0 Å². The number of anilines is 2. The topological polar surface area (TPSA) is 72.4 Å². The van der Waals surface area contributed by atoms with E-state index in [2.05, 4.69) is 0 Å². The molecule has 14 heavy (non-hydrogen) atoms. The Morgan fingerprint density at radius 2 is 2.29 bits per heavy atom. The van der Waals surface area contributed by atoms with Crippen LogP contribution in [0, 0.1) is 0 Å². The lowest BCUT2D eigenvalue weighted by Crippen LogP contribution is -2.55. The van der Waals surface area contributed by atoms with Crippen molar-refractivity contribution in [2.45, 2.75) is 12.5 Å². The monoisotopic (exact) mass is 191 g/mol. The standard InChI is InChI=1S/C10H13N3O/c11-7-2-1-3-8(6-7)13-5-4-9(13)10(12)14/h1-3,6,9H,4-5,11H2,(H2,12,14). The molecule has 0 bridgehead atoms. The van der Waals surface area contributed by atoms with Crippen molar-refractivity contribution >= 4 is 17.3 Å². The van der Waals surface area contributed by atoms with E-state index in [4.69, 9.17) is 11.5 Å². The van der Waals surface area contributed by atoms with Crippen LogP contribution in [0.3, 0.4) is 0 Å². The van der Waals surface area contributed by atoms with Gasteiger partial charge >= 0.3 is 0 Å². The summed E-state index contributed by atoms with van der Waals surface area (Å²) in [6.07, 6.45) is 0.837. The van der Waals surface area contributed by atoms with E-state index in [1.165, 1.54) is 0 Å². The van der Waals surface area contributed by atoms with E-state index in [9.17, 15) is 4.79 Å². The number of nitrogen functional groups attached to an aromatic ring is 1. The molecule has 74 valence electrons. The van der Waals surface area contributed by atoms with Crippen LogP contribution in [0.1, 0.15) is 6.42 Å². The first-order valence-electron chi connectivity index (χ1n) is 4.60. The molecule has 4 N–H and O–H groups in total. The highest BCUT2D eigenvalue weighted by molar-refractivity contribution is 5.85. The molecule has 0 aliphatic carbocycles. The van der Waals surface area contributed by atoms with Crippen molar-refractivity contribution < 1.29 is 4.79 Å². The Balaban J connectivity index is 2.20. The largest absolute Gasteiger partial charge is 0.399 e. The number of primary amides is 1. The van der Waals surface area contributed by atoms with Gasteiger partial charge in [-0.2, -0.15) is 0 Å². The van der Waals surface area contributed by atoms with Gasteiger partial charge in [-0.05, 0) is 24.6 Å². The van der Waals surface area contributed by atoms with Crippen LogP contribution < -0.4 is 16.4 Å². The number of carbonyl (C=O) groups excluding carboxylic acids is 1. The van der Waals surface area contributed by atoms with Crippen molar-refractivity contribution in [1.82, 2.24) is 0 Å². The van der Waals surface area contributed by atoms with E-state index in [0.717, 1.165) is 18.7 Å². The highest BCUT2D eigenvalue weighted by Gasteiger charge is 2.32. The Kier molecular flexibility index (Phi) is 2.04. The summed E-state index contributed by atoms with van der Waals surface area (Å²) in [5, 5.41) is 0.